The highest BCUT2D eigenvalue weighted by molar-refractivity contribution is 9.10. The first kappa shape index (κ1) is 11.4. The molecule has 0 bridgehead atoms. The lowest BCUT2D eigenvalue weighted by molar-refractivity contribution is -0.117. The molecule has 0 aromatic carbocycles. The third-order valence-corrected chi connectivity index (χ3v) is 3.59. The van der Waals surface area contributed by atoms with Gasteiger partial charge >= 0.3 is 0 Å². The first-order chi connectivity index (χ1) is 8.65. The Morgan fingerprint density at radius 3 is 2.94 bits per heavy atom. The van der Waals surface area contributed by atoms with Crippen LogP contribution in [0.15, 0.2) is 27.7 Å². The van der Waals surface area contributed by atoms with E-state index in [9.17, 15) is 9.59 Å². The van der Waals surface area contributed by atoms with Crippen LogP contribution in [0.5, 0.6) is 0 Å². The molecule has 3 rings (SSSR count). The van der Waals surface area contributed by atoms with Crippen molar-refractivity contribution in [3.63, 3.8) is 0 Å². The van der Waals surface area contributed by atoms with Gasteiger partial charge in [-0.25, -0.2) is 4.98 Å². The third-order valence-electron chi connectivity index (χ3n) is 2.94. The average molecular weight is 308 g/mol. The van der Waals surface area contributed by atoms with Crippen molar-refractivity contribution < 1.29 is 4.79 Å². The maximum absolute atomic E-state index is 11.6. The molecule has 0 atom stereocenters. The Bertz CT molecular complexity index is 691. The fourth-order valence-corrected chi connectivity index (χ4v) is 2.20. The number of anilines is 1. The Hall–Kier alpha value is -1.69. The quantitative estimate of drug-likeness (QED) is 0.891. The third kappa shape index (κ3) is 2.03. The molecule has 2 aromatic heterocycles. The van der Waals surface area contributed by atoms with Gasteiger partial charge in [-0.15, -0.1) is 0 Å². The highest BCUT2D eigenvalue weighted by atomic mass is 79.9. The summed E-state index contributed by atoms with van der Waals surface area (Å²) in [6.45, 7) is 0. The fourth-order valence-electron chi connectivity index (χ4n) is 1.76. The van der Waals surface area contributed by atoms with E-state index in [1.165, 1.54) is 6.20 Å². The minimum Gasteiger partial charge on any atom is -0.327 e. The summed E-state index contributed by atoms with van der Waals surface area (Å²) in [5, 5.41) is 3.99. The van der Waals surface area contributed by atoms with Crippen LogP contribution in [0.1, 0.15) is 12.8 Å². The zero-order chi connectivity index (χ0) is 12.7. The number of hydrogen-bond acceptors (Lipinski definition) is 3. The summed E-state index contributed by atoms with van der Waals surface area (Å²) in [5.74, 6) is 0.610. The normalized spacial score (nSPS) is 14.7. The van der Waals surface area contributed by atoms with Crippen LogP contribution in [0.25, 0.3) is 10.8 Å². The van der Waals surface area contributed by atoms with Crippen molar-refractivity contribution in [1.29, 1.82) is 0 Å². The van der Waals surface area contributed by atoms with Crippen LogP contribution in [0.2, 0.25) is 0 Å². The van der Waals surface area contributed by atoms with E-state index in [0.717, 1.165) is 22.7 Å². The lowest BCUT2D eigenvalue weighted by Crippen LogP contribution is -2.15. The van der Waals surface area contributed by atoms with Crippen LogP contribution < -0.4 is 10.9 Å². The van der Waals surface area contributed by atoms with Gasteiger partial charge in [0.05, 0.1) is 5.39 Å². The molecule has 2 heterocycles. The number of amides is 1. The Labute approximate surface area is 111 Å². The van der Waals surface area contributed by atoms with Gasteiger partial charge in [0, 0.05) is 28.2 Å². The number of fused-ring (bicyclic) bond motifs is 1. The molecule has 0 unspecified atom stereocenters. The van der Waals surface area contributed by atoms with Gasteiger partial charge in [-0.2, -0.15) is 0 Å². The number of halogens is 1. The predicted molar refractivity (Wildman–Crippen MR) is 71.4 cm³/mol. The van der Waals surface area contributed by atoms with Gasteiger partial charge in [0.1, 0.15) is 5.82 Å². The lowest BCUT2D eigenvalue weighted by Gasteiger charge is -2.05. The number of pyridine rings is 2. The highest BCUT2D eigenvalue weighted by Gasteiger charge is 2.29. The van der Waals surface area contributed by atoms with Crippen molar-refractivity contribution in [3.05, 3.63) is 33.3 Å². The number of aromatic amines is 1. The highest BCUT2D eigenvalue weighted by Crippen LogP contribution is 2.30. The monoisotopic (exact) mass is 307 g/mol. The minimum atomic E-state index is -0.194. The van der Waals surface area contributed by atoms with Crippen molar-refractivity contribution in [3.8, 4) is 0 Å². The molecule has 2 N–H and O–H groups in total. The second kappa shape index (κ2) is 4.20. The molecule has 92 valence electrons. The van der Waals surface area contributed by atoms with Gasteiger partial charge in [0.2, 0.25) is 5.91 Å². The first-order valence-corrected chi connectivity index (χ1v) is 6.42. The van der Waals surface area contributed by atoms with E-state index in [-0.39, 0.29) is 17.4 Å². The molecule has 0 aliphatic heterocycles. The van der Waals surface area contributed by atoms with E-state index >= 15 is 0 Å². The molecule has 1 fully saturated rings. The fraction of sp³-hybridized carbons (Fsp3) is 0.250. The van der Waals surface area contributed by atoms with Crippen LogP contribution in [-0.2, 0) is 4.79 Å². The van der Waals surface area contributed by atoms with Gasteiger partial charge in [-0.05, 0) is 34.8 Å². The van der Waals surface area contributed by atoms with Crippen LogP contribution in [0.4, 0.5) is 5.82 Å². The molecule has 0 spiro atoms. The molecule has 5 nitrogen and oxygen atoms in total. The van der Waals surface area contributed by atoms with Crippen LogP contribution >= 0.6 is 15.9 Å². The number of carbonyl (C=O) groups is 1. The Morgan fingerprint density at radius 2 is 2.22 bits per heavy atom. The van der Waals surface area contributed by atoms with Crippen molar-refractivity contribution in [1.82, 2.24) is 9.97 Å². The topological polar surface area (TPSA) is 74.8 Å². The summed E-state index contributed by atoms with van der Waals surface area (Å²) in [6, 6.07) is 1.70. The molecule has 6 heteroatoms. The number of nitrogens with zero attached hydrogens (tertiary/aromatic N) is 1. The van der Waals surface area contributed by atoms with E-state index in [4.69, 9.17) is 0 Å². The van der Waals surface area contributed by atoms with Crippen molar-refractivity contribution in [2.45, 2.75) is 12.8 Å². The Kier molecular flexibility index (Phi) is 2.66. The van der Waals surface area contributed by atoms with Crippen LogP contribution in [0, 0.1) is 5.92 Å². The van der Waals surface area contributed by atoms with E-state index < -0.39 is 0 Å². The zero-order valence-corrected chi connectivity index (χ0v) is 11.0. The van der Waals surface area contributed by atoms with Crippen molar-refractivity contribution in [2.75, 3.05) is 5.32 Å². The minimum absolute atomic E-state index is 0.00260. The molecule has 0 saturated heterocycles. The van der Waals surface area contributed by atoms with Gasteiger partial charge in [0.25, 0.3) is 5.56 Å². The standard InChI is InChI=1S/C12H10BrN3O2/c13-9-5-15-12(18)8-4-14-10(3-7(8)9)16-11(17)6-1-2-6/h3-6H,1-2H2,(H,15,18)(H,14,16,17). The second-order valence-corrected chi connectivity index (χ2v) is 5.20. The number of aromatic nitrogens is 2. The molecular formula is C12H10BrN3O2. The van der Waals surface area contributed by atoms with Gasteiger partial charge in [0.15, 0.2) is 0 Å². The zero-order valence-electron chi connectivity index (χ0n) is 9.37. The molecule has 1 aliphatic carbocycles. The molecule has 1 amide bonds. The molecule has 1 saturated carbocycles. The van der Waals surface area contributed by atoms with E-state index in [2.05, 4.69) is 31.2 Å². The van der Waals surface area contributed by atoms with Gasteiger partial charge in [-0.1, -0.05) is 0 Å². The average Bonchev–Trinajstić information content (AvgIpc) is 3.18. The SMILES string of the molecule is O=C(Nc1cc2c(Br)c[nH]c(=O)c2cn1)C1CC1. The maximum Gasteiger partial charge on any atom is 0.257 e. The summed E-state index contributed by atoms with van der Waals surface area (Å²) in [6.07, 6.45) is 4.95. The summed E-state index contributed by atoms with van der Waals surface area (Å²) >= 11 is 3.36. The second-order valence-electron chi connectivity index (χ2n) is 4.34. The first-order valence-electron chi connectivity index (χ1n) is 5.63. The molecular weight excluding hydrogens is 298 g/mol. The van der Waals surface area contributed by atoms with Crippen molar-refractivity contribution in [2.24, 2.45) is 5.92 Å². The number of nitrogens with one attached hydrogen (secondary N) is 2. The van der Waals surface area contributed by atoms with E-state index in [1.807, 2.05) is 0 Å². The Morgan fingerprint density at radius 1 is 1.44 bits per heavy atom. The summed E-state index contributed by atoms with van der Waals surface area (Å²) in [7, 11) is 0. The van der Waals surface area contributed by atoms with Crippen LogP contribution in [0.3, 0.4) is 0 Å². The largest absolute Gasteiger partial charge is 0.327 e. The number of carbonyl (C=O) groups excluding carboxylic acids is 1. The lowest BCUT2D eigenvalue weighted by atomic mass is 10.2. The summed E-state index contributed by atoms with van der Waals surface area (Å²) in [4.78, 5) is 29.9. The smallest absolute Gasteiger partial charge is 0.257 e. The number of rotatable bonds is 2. The molecule has 2 aromatic rings. The number of hydrogen-bond donors (Lipinski definition) is 2. The summed E-state index contributed by atoms with van der Waals surface area (Å²) in [5.41, 5.74) is -0.194. The van der Waals surface area contributed by atoms with Crippen LogP contribution in [-0.4, -0.2) is 15.9 Å². The van der Waals surface area contributed by atoms with Gasteiger partial charge in [-0.3, -0.25) is 9.59 Å². The van der Waals surface area contributed by atoms with Gasteiger partial charge < -0.3 is 10.3 Å². The number of H-pyrrole nitrogens is 1. The Balaban J connectivity index is 2.02. The van der Waals surface area contributed by atoms with E-state index in [0.29, 0.717) is 11.2 Å². The summed E-state index contributed by atoms with van der Waals surface area (Å²) < 4.78 is 0.765. The van der Waals surface area contributed by atoms with Crippen molar-refractivity contribution >= 4 is 38.4 Å². The molecule has 18 heavy (non-hydrogen) atoms. The maximum atomic E-state index is 11.6. The molecule has 0 radical (unpaired) electrons. The molecule has 1 aliphatic rings. The predicted octanol–water partition coefficient (Wildman–Crippen LogP) is 2.03. The van der Waals surface area contributed by atoms with E-state index in [1.54, 1.807) is 12.3 Å².